The van der Waals surface area contributed by atoms with Crippen LogP contribution in [0.2, 0.25) is 0 Å². The summed E-state index contributed by atoms with van der Waals surface area (Å²) in [7, 11) is 0. The van der Waals surface area contributed by atoms with Gasteiger partial charge in [-0.3, -0.25) is 4.79 Å². The van der Waals surface area contributed by atoms with Crippen LogP contribution in [-0.4, -0.2) is 20.6 Å². The summed E-state index contributed by atoms with van der Waals surface area (Å²) in [5.41, 5.74) is 3.73. The van der Waals surface area contributed by atoms with Crippen molar-refractivity contribution >= 4 is 5.91 Å². The molecule has 0 aliphatic rings. The van der Waals surface area contributed by atoms with Crippen molar-refractivity contribution in [3.05, 3.63) is 65.6 Å². The number of amides is 1. The molecule has 1 unspecified atom stereocenters. The zero-order valence-corrected chi connectivity index (χ0v) is 14.7. The molecule has 0 bridgehead atoms. The number of hydrogen-bond acceptors (Lipinski definition) is 4. The first kappa shape index (κ1) is 17.0. The normalized spacial score (nSPS) is 12.1. The highest BCUT2D eigenvalue weighted by molar-refractivity contribution is 5.84. The highest BCUT2D eigenvalue weighted by atomic mass is 16.5. The van der Waals surface area contributed by atoms with E-state index >= 15 is 0 Å². The van der Waals surface area contributed by atoms with Gasteiger partial charge in [0.05, 0.1) is 17.9 Å². The van der Waals surface area contributed by atoms with E-state index in [0.29, 0.717) is 18.7 Å². The zero-order chi connectivity index (χ0) is 17.8. The molecule has 3 rings (SSSR count). The van der Waals surface area contributed by atoms with Gasteiger partial charge in [0.2, 0.25) is 5.91 Å². The summed E-state index contributed by atoms with van der Waals surface area (Å²) in [6, 6.07) is 8.02. The van der Waals surface area contributed by atoms with Crippen LogP contribution >= 0.6 is 0 Å². The number of carbonyl (C=O) groups is 1. The van der Waals surface area contributed by atoms with Crippen molar-refractivity contribution in [1.29, 1.82) is 0 Å². The van der Waals surface area contributed by atoms with Crippen molar-refractivity contribution < 1.29 is 9.32 Å². The van der Waals surface area contributed by atoms with Crippen LogP contribution in [0.15, 0.2) is 47.5 Å². The molecular formula is C19H22N4O2. The van der Waals surface area contributed by atoms with Gasteiger partial charge in [-0.05, 0) is 38.0 Å². The molecule has 1 aromatic carbocycles. The molecule has 0 saturated carbocycles. The van der Waals surface area contributed by atoms with Gasteiger partial charge in [-0.2, -0.15) is 0 Å². The van der Waals surface area contributed by atoms with Crippen LogP contribution in [0.1, 0.15) is 41.8 Å². The minimum atomic E-state index is -0.247. The molecule has 3 aromatic rings. The van der Waals surface area contributed by atoms with Crippen LogP contribution in [0.5, 0.6) is 0 Å². The van der Waals surface area contributed by atoms with Crippen molar-refractivity contribution in [3.63, 3.8) is 0 Å². The zero-order valence-electron chi connectivity index (χ0n) is 14.7. The second-order valence-corrected chi connectivity index (χ2v) is 6.06. The van der Waals surface area contributed by atoms with Gasteiger partial charge in [0.1, 0.15) is 5.76 Å². The summed E-state index contributed by atoms with van der Waals surface area (Å²) >= 11 is 0. The number of aromatic nitrogens is 3. The molecule has 0 spiro atoms. The lowest BCUT2D eigenvalue weighted by molar-refractivity contribution is -0.122. The Labute approximate surface area is 146 Å². The largest absolute Gasteiger partial charge is 0.361 e. The molecule has 0 fully saturated rings. The van der Waals surface area contributed by atoms with Crippen LogP contribution in [0.25, 0.3) is 5.69 Å². The maximum atomic E-state index is 12.7. The Hall–Kier alpha value is -2.89. The van der Waals surface area contributed by atoms with Gasteiger partial charge in [0.25, 0.3) is 0 Å². The Morgan fingerprint density at radius 2 is 2.20 bits per heavy atom. The van der Waals surface area contributed by atoms with E-state index in [1.54, 1.807) is 12.5 Å². The maximum absolute atomic E-state index is 12.7. The molecule has 0 radical (unpaired) electrons. The third-order valence-electron chi connectivity index (χ3n) is 4.34. The fourth-order valence-electron chi connectivity index (χ4n) is 3.06. The SMILES string of the molecule is CCC(C(=O)NCc1cccc(-n2ccnc2)c1)c1c(C)noc1C. The van der Waals surface area contributed by atoms with Gasteiger partial charge in [-0.15, -0.1) is 0 Å². The summed E-state index contributed by atoms with van der Waals surface area (Å²) < 4.78 is 7.14. The number of rotatable bonds is 6. The van der Waals surface area contributed by atoms with Gasteiger partial charge >= 0.3 is 0 Å². The molecule has 25 heavy (non-hydrogen) atoms. The Kier molecular flexibility index (Phi) is 4.97. The highest BCUT2D eigenvalue weighted by Crippen LogP contribution is 2.26. The van der Waals surface area contributed by atoms with E-state index in [9.17, 15) is 4.79 Å². The van der Waals surface area contributed by atoms with E-state index in [0.717, 1.165) is 22.5 Å². The third kappa shape index (κ3) is 3.63. The fourth-order valence-corrected chi connectivity index (χ4v) is 3.06. The van der Waals surface area contributed by atoms with Crippen molar-refractivity contribution in [1.82, 2.24) is 20.0 Å². The summed E-state index contributed by atoms with van der Waals surface area (Å²) in [6.45, 7) is 6.19. The Morgan fingerprint density at radius 3 is 2.84 bits per heavy atom. The van der Waals surface area contributed by atoms with E-state index in [-0.39, 0.29) is 11.8 Å². The second kappa shape index (κ2) is 7.34. The van der Waals surface area contributed by atoms with Gasteiger partial charge in [0.15, 0.2) is 0 Å². The maximum Gasteiger partial charge on any atom is 0.228 e. The Morgan fingerprint density at radius 1 is 1.36 bits per heavy atom. The van der Waals surface area contributed by atoms with Gasteiger partial charge in [-0.1, -0.05) is 24.2 Å². The van der Waals surface area contributed by atoms with Crippen molar-refractivity contribution in [3.8, 4) is 5.69 Å². The topological polar surface area (TPSA) is 73.0 Å². The van der Waals surface area contributed by atoms with E-state index in [2.05, 4.69) is 15.5 Å². The molecule has 6 heteroatoms. The molecule has 0 aliphatic heterocycles. The van der Waals surface area contributed by atoms with Gasteiger partial charge in [0, 0.05) is 30.2 Å². The van der Waals surface area contributed by atoms with Gasteiger partial charge in [-0.25, -0.2) is 4.98 Å². The van der Waals surface area contributed by atoms with Crippen LogP contribution in [0.4, 0.5) is 0 Å². The average molecular weight is 338 g/mol. The third-order valence-corrected chi connectivity index (χ3v) is 4.34. The van der Waals surface area contributed by atoms with Crippen LogP contribution in [0, 0.1) is 13.8 Å². The molecule has 6 nitrogen and oxygen atoms in total. The second-order valence-electron chi connectivity index (χ2n) is 6.06. The minimum absolute atomic E-state index is 0.00932. The molecule has 0 saturated heterocycles. The molecule has 130 valence electrons. The minimum Gasteiger partial charge on any atom is -0.361 e. The first-order valence-corrected chi connectivity index (χ1v) is 8.38. The monoisotopic (exact) mass is 338 g/mol. The van der Waals surface area contributed by atoms with E-state index < -0.39 is 0 Å². The number of carbonyl (C=O) groups excluding carboxylic acids is 1. The first-order valence-electron chi connectivity index (χ1n) is 8.38. The van der Waals surface area contributed by atoms with Crippen LogP contribution < -0.4 is 5.32 Å². The predicted octanol–water partition coefficient (Wildman–Crippen LogP) is 3.29. The molecule has 1 atom stereocenters. The van der Waals surface area contributed by atoms with E-state index in [4.69, 9.17) is 4.52 Å². The van der Waals surface area contributed by atoms with Gasteiger partial charge < -0.3 is 14.4 Å². The lowest BCUT2D eigenvalue weighted by Gasteiger charge is -2.15. The van der Waals surface area contributed by atoms with E-state index in [1.165, 1.54) is 0 Å². The first-order chi connectivity index (χ1) is 12.1. The number of nitrogens with zero attached hydrogens (tertiary/aromatic N) is 3. The van der Waals surface area contributed by atoms with Crippen molar-refractivity contribution in [2.75, 3.05) is 0 Å². The highest BCUT2D eigenvalue weighted by Gasteiger charge is 2.25. The quantitative estimate of drug-likeness (QED) is 0.748. The molecule has 2 aromatic heterocycles. The number of benzene rings is 1. The molecular weight excluding hydrogens is 316 g/mol. The molecule has 1 N–H and O–H groups in total. The molecule has 2 heterocycles. The van der Waals surface area contributed by atoms with Crippen LogP contribution in [0.3, 0.4) is 0 Å². The fraction of sp³-hybridized carbons (Fsp3) is 0.316. The molecule has 1 amide bonds. The summed E-state index contributed by atoms with van der Waals surface area (Å²) in [6.07, 6.45) is 6.08. The number of imidazole rings is 1. The lowest BCUT2D eigenvalue weighted by atomic mass is 9.94. The number of aryl methyl sites for hydroxylation is 2. The van der Waals surface area contributed by atoms with Crippen molar-refractivity contribution in [2.24, 2.45) is 0 Å². The predicted molar refractivity (Wildman–Crippen MR) is 94.4 cm³/mol. The average Bonchev–Trinajstić information content (AvgIpc) is 3.26. The Bertz CT molecular complexity index is 833. The summed E-state index contributed by atoms with van der Waals surface area (Å²) in [5, 5.41) is 6.99. The Balaban J connectivity index is 1.70. The summed E-state index contributed by atoms with van der Waals surface area (Å²) in [5.74, 6) is 0.453. The summed E-state index contributed by atoms with van der Waals surface area (Å²) in [4.78, 5) is 16.7. The van der Waals surface area contributed by atoms with Crippen molar-refractivity contribution in [2.45, 2.75) is 39.7 Å². The van der Waals surface area contributed by atoms with Crippen LogP contribution in [-0.2, 0) is 11.3 Å². The molecule has 0 aliphatic carbocycles. The standard InChI is InChI=1S/C19H22N4O2/c1-4-17(18-13(2)22-25-14(18)3)19(24)21-11-15-6-5-7-16(10-15)23-9-8-20-12-23/h5-10,12,17H,4,11H2,1-3H3,(H,21,24). The van der Waals surface area contributed by atoms with E-state index in [1.807, 2.05) is 55.8 Å². The smallest absolute Gasteiger partial charge is 0.228 e. The number of hydrogen-bond donors (Lipinski definition) is 1. The number of nitrogens with one attached hydrogen (secondary N) is 1. The lowest BCUT2D eigenvalue weighted by Crippen LogP contribution is -2.29.